The molecule has 0 spiro atoms. The van der Waals surface area contributed by atoms with Crippen molar-refractivity contribution in [1.82, 2.24) is 9.21 Å². The normalized spacial score (nSPS) is 19.6. The number of furan rings is 1. The number of hydrogen-bond acceptors (Lipinski definition) is 6. The van der Waals surface area contributed by atoms with Gasteiger partial charge in [0.25, 0.3) is 5.91 Å². The second kappa shape index (κ2) is 10.6. The predicted molar refractivity (Wildman–Crippen MR) is 126 cm³/mol. The topological polar surface area (TPSA) is 109 Å². The summed E-state index contributed by atoms with van der Waals surface area (Å²) in [7, 11) is -3.68. The van der Waals surface area contributed by atoms with Crippen molar-refractivity contribution in [2.45, 2.75) is 56.4 Å². The molecule has 184 valence electrons. The van der Waals surface area contributed by atoms with Crippen LogP contribution in [-0.4, -0.2) is 61.7 Å². The van der Waals surface area contributed by atoms with Gasteiger partial charge in [0, 0.05) is 19.6 Å². The molecule has 1 atom stereocenters. The lowest BCUT2D eigenvalue weighted by Gasteiger charge is -2.34. The van der Waals surface area contributed by atoms with Crippen molar-refractivity contribution >= 4 is 27.5 Å². The van der Waals surface area contributed by atoms with Crippen molar-refractivity contribution in [2.24, 2.45) is 0 Å². The summed E-state index contributed by atoms with van der Waals surface area (Å²) in [4.78, 5) is 27.9. The standard InChI is InChI=1S/C24H31N3O6S/c1-2-32-21-12-11-18(34(30,31)26-13-5-3-6-14-26)17-19(21)25-23(28)20-9-4-7-15-27(20)24(29)22-10-8-16-33-22/h8,10-12,16-17,20H,2-7,9,13-15H2,1H3,(H,25,28). The molecule has 34 heavy (non-hydrogen) atoms. The van der Waals surface area contributed by atoms with Crippen LogP contribution in [0.25, 0.3) is 0 Å². The first-order chi connectivity index (χ1) is 16.4. The maximum absolute atomic E-state index is 13.3. The Bertz CT molecular complexity index is 1110. The third-order valence-electron chi connectivity index (χ3n) is 6.26. The Balaban J connectivity index is 1.59. The van der Waals surface area contributed by atoms with Crippen LogP contribution in [0.1, 0.15) is 56.0 Å². The van der Waals surface area contributed by atoms with Gasteiger partial charge in [0.15, 0.2) is 5.76 Å². The molecule has 2 aromatic rings. The first kappa shape index (κ1) is 24.3. The number of benzene rings is 1. The number of rotatable bonds is 7. The number of sulfonamides is 1. The first-order valence-corrected chi connectivity index (χ1v) is 13.3. The van der Waals surface area contributed by atoms with Crippen LogP contribution in [0.15, 0.2) is 45.9 Å². The average molecular weight is 490 g/mol. The molecule has 2 aliphatic heterocycles. The number of carbonyl (C=O) groups is 2. The second-order valence-corrected chi connectivity index (χ2v) is 10.5. The van der Waals surface area contributed by atoms with Gasteiger partial charge in [-0.2, -0.15) is 4.31 Å². The number of anilines is 1. The van der Waals surface area contributed by atoms with Gasteiger partial charge in [-0.25, -0.2) is 8.42 Å². The molecule has 3 heterocycles. The summed E-state index contributed by atoms with van der Waals surface area (Å²) in [6, 6.07) is 7.06. The molecule has 0 aliphatic carbocycles. The predicted octanol–water partition coefficient (Wildman–Crippen LogP) is 3.49. The molecule has 4 rings (SSSR count). The van der Waals surface area contributed by atoms with Gasteiger partial charge in [0.2, 0.25) is 15.9 Å². The summed E-state index contributed by atoms with van der Waals surface area (Å²) >= 11 is 0. The SMILES string of the molecule is CCOc1ccc(S(=O)(=O)N2CCCCC2)cc1NC(=O)C1CCCCN1C(=O)c1ccco1. The number of piperidine rings is 2. The van der Waals surface area contributed by atoms with Crippen molar-refractivity contribution in [2.75, 3.05) is 31.6 Å². The molecule has 0 bridgehead atoms. The molecule has 1 unspecified atom stereocenters. The Kier molecular flexibility index (Phi) is 7.57. The lowest BCUT2D eigenvalue weighted by molar-refractivity contribution is -0.121. The largest absolute Gasteiger partial charge is 0.492 e. The van der Waals surface area contributed by atoms with Gasteiger partial charge >= 0.3 is 0 Å². The highest BCUT2D eigenvalue weighted by Gasteiger charge is 2.34. The number of likely N-dealkylation sites (tertiary alicyclic amines) is 1. The third kappa shape index (κ3) is 5.12. The van der Waals surface area contributed by atoms with Crippen LogP contribution in [0.5, 0.6) is 5.75 Å². The van der Waals surface area contributed by atoms with Crippen LogP contribution in [0.2, 0.25) is 0 Å². The van der Waals surface area contributed by atoms with Crippen molar-refractivity contribution in [3.63, 3.8) is 0 Å². The molecule has 2 aliphatic rings. The fraction of sp³-hybridized carbons (Fsp3) is 0.500. The highest BCUT2D eigenvalue weighted by Crippen LogP contribution is 2.31. The zero-order valence-corrected chi connectivity index (χ0v) is 20.2. The van der Waals surface area contributed by atoms with E-state index in [0.29, 0.717) is 38.4 Å². The molecule has 1 aromatic carbocycles. The minimum atomic E-state index is -3.68. The second-order valence-electron chi connectivity index (χ2n) is 8.53. The maximum Gasteiger partial charge on any atom is 0.290 e. The lowest BCUT2D eigenvalue weighted by atomic mass is 10.0. The molecule has 2 amide bonds. The van der Waals surface area contributed by atoms with E-state index in [1.54, 1.807) is 18.2 Å². The van der Waals surface area contributed by atoms with Crippen molar-refractivity contribution in [1.29, 1.82) is 0 Å². The fourth-order valence-corrected chi connectivity index (χ4v) is 6.05. The Morgan fingerprint density at radius 3 is 2.56 bits per heavy atom. The van der Waals surface area contributed by atoms with Crippen molar-refractivity contribution in [3.05, 3.63) is 42.4 Å². The maximum atomic E-state index is 13.3. The van der Waals surface area contributed by atoms with E-state index in [2.05, 4.69) is 5.32 Å². The van der Waals surface area contributed by atoms with Crippen LogP contribution >= 0.6 is 0 Å². The molecular weight excluding hydrogens is 458 g/mol. The summed E-state index contributed by atoms with van der Waals surface area (Å²) in [6.45, 7) is 3.59. The summed E-state index contributed by atoms with van der Waals surface area (Å²) < 4.78 is 38.7. The number of amides is 2. The van der Waals surface area contributed by atoms with E-state index in [1.165, 1.54) is 27.6 Å². The molecule has 1 aromatic heterocycles. The summed E-state index contributed by atoms with van der Waals surface area (Å²) in [6.07, 6.45) is 6.22. The van der Waals surface area contributed by atoms with Crippen LogP contribution in [0.3, 0.4) is 0 Å². The van der Waals surface area contributed by atoms with Gasteiger partial charge in [0.1, 0.15) is 11.8 Å². The summed E-state index contributed by atoms with van der Waals surface area (Å²) in [5, 5.41) is 2.84. The van der Waals surface area contributed by atoms with Crippen LogP contribution < -0.4 is 10.1 Å². The molecule has 2 saturated heterocycles. The number of nitrogens with zero attached hydrogens (tertiary/aromatic N) is 2. The molecular formula is C24H31N3O6S. The van der Waals surface area contributed by atoms with Gasteiger partial charge in [0.05, 0.1) is 23.5 Å². The Labute approximate surface area is 200 Å². The number of ether oxygens (including phenoxy) is 1. The number of hydrogen-bond donors (Lipinski definition) is 1. The van der Waals surface area contributed by atoms with E-state index in [-0.39, 0.29) is 28.2 Å². The van der Waals surface area contributed by atoms with E-state index in [0.717, 1.165) is 32.1 Å². The van der Waals surface area contributed by atoms with Crippen LogP contribution in [-0.2, 0) is 14.8 Å². The molecule has 10 heteroatoms. The lowest BCUT2D eigenvalue weighted by Crippen LogP contribution is -2.50. The zero-order valence-electron chi connectivity index (χ0n) is 19.4. The zero-order chi connectivity index (χ0) is 24.1. The highest BCUT2D eigenvalue weighted by atomic mass is 32.2. The summed E-state index contributed by atoms with van der Waals surface area (Å²) in [5.74, 6) is -0.151. The van der Waals surface area contributed by atoms with Gasteiger partial charge in [-0.3, -0.25) is 9.59 Å². The van der Waals surface area contributed by atoms with E-state index in [4.69, 9.17) is 9.15 Å². The van der Waals surface area contributed by atoms with Gasteiger partial charge < -0.3 is 19.4 Å². The number of nitrogens with one attached hydrogen (secondary N) is 1. The minimum Gasteiger partial charge on any atom is -0.492 e. The Morgan fingerprint density at radius 1 is 1.09 bits per heavy atom. The van der Waals surface area contributed by atoms with Gasteiger partial charge in [-0.05, 0) is 69.4 Å². The molecule has 0 saturated carbocycles. The fourth-order valence-electron chi connectivity index (χ4n) is 4.51. The smallest absolute Gasteiger partial charge is 0.290 e. The average Bonchev–Trinajstić information content (AvgIpc) is 3.40. The van der Waals surface area contributed by atoms with Crippen molar-refractivity contribution < 1.29 is 27.2 Å². The number of carbonyl (C=O) groups excluding carboxylic acids is 2. The van der Waals surface area contributed by atoms with E-state index in [9.17, 15) is 18.0 Å². The van der Waals surface area contributed by atoms with E-state index in [1.807, 2.05) is 6.92 Å². The Hall–Kier alpha value is -2.85. The van der Waals surface area contributed by atoms with Gasteiger partial charge in [-0.15, -0.1) is 0 Å². The summed E-state index contributed by atoms with van der Waals surface area (Å²) in [5.41, 5.74) is 0.279. The highest BCUT2D eigenvalue weighted by molar-refractivity contribution is 7.89. The Morgan fingerprint density at radius 2 is 1.85 bits per heavy atom. The van der Waals surface area contributed by atoms with Crippen molar-refractivity contribution in [3.8, 4) is 5.75 Å². The monoisotopic (exact) mass is 489 g/mol. The third-order valence-corrected chi connectivity index (χ3v) is 8.15. The molecule has 2 fully saturated rings. The molecule has 0 radical (unpaired) electrons. The minimum absolute atomic E-state index is 0.111. The quantitative estimate of drug-likeness (QED) is 0.638. The van der Waals surface area contributed by atoms with E-state index >= 15 is 0 Å². The van der Waals surface area contributed by atoms with Crippen LogP contribution in [0, 0.1) is 0 Å². The van der Waals surface area contributed by atoms with E-state index < -0.39 is 16.1 Å². The van der Waals surface area contributed by atoms with Gasteiger partial charge in [-0.1, -0.05) is 6.42 Å². The first-order valence-electron chi connectivity index (χ1n) is 11.8. The van der Waals surface area contributed by atoms with Crippen LogP contribution in [0.4, 0.5) is 5.69 Å². The molecule has 1 N–H and O–H groups in total. The molecule has 9 nitrogen and oxygen atoms in total.